The van der Waals surface area contributed by atoms with Gasteiger partial charge in [0, 0.05) is 24.5 Å². The minimum absolute atomic E-state index is 0.0804. The lowest BCUT2D eigenvalue weighted by Gasteiger charge is -2.20. The van der Waals surface area contributed by atoms with Gasteiger partial charge in [0.2, 0.25) is 0 Å². The number of benzene rings is 1. The molecule has 156 valence electrons. The van der Waals surface area contributed by atoms with E-state index < -0.39 is 0 Å². The van der Waals surface area contributed by atoms with Gasteiger partial charge in [-0.15, -0.1) is 11.3 Å². The maximum absolute atomic E-state index is 14.2. The van der Waals surface area contributed by atoms with Gasteiger partial charge in [-0.3, -0.25) is 9.48 Å². The molecule has 3 rings (SSSR count). The Balaban J connectivity index is 1.67. The van der Waals surface area contributed by atoms with Gasteiger partial charge in [0.1, 0.15) is 16.3 Å². The average molecular weight is 417 g/mol. The molecule has 0 aliphatic carbocycles. The molecule has 0 saturated heterocycles. The second-order valence-corrected chi connectivity index (χ2v) is 8.26. The van der Waals surface area contributed by atoms with Crippen LogP contribution in [0.4, 0.5) is 4.39 Å². The van der Waals surface area contributed by atoms with Crippen LogP contribution >= 0.6 is 11.3 Å². The van der Waals surface area contributed by atoms with E-state index in [0.717, 1.165) is 49.1 Å². The van der Waals surface area contributed by atoms with Gasteiger partial charge in [0.15, 0.2) is 0 Å². The minimum atomic E-state index is -0.312. The molecule has 7 heteroatoms. The number of carbonyl (C=O) groups excluding carboxylic acids is 1. The van der Waals surface area contributed by atoms with E-state index in [1.54, 1.807) is 22.9 Å². The highest BCUT2D eigenvalue weighted by molar-refractivity contribution is 7.20. The number of hydrogen-bond donors (Lipinski definition) is 1. The van der Waals surface area contributed by atoms with Crippen LogP contribution < -0.4 is 5.32 Å². The van der Waals surface area contributed by atoms with E-state index in [2.05, 4.69) is 29.2 Å². The van der Waals surface area contributed by atoms with Crippen molar-refractivity contribution in [2.75, 3.05) is 26.2 Å². The molecule has 29 heavy (non-hydrogen) atoms. The Bertz CT molecular complexity index is 959. The first-order valence-electron chi connectivity index (χ1n) is 10.3. The molecule has 5 nitrogen and oxygen atoms in total. The molecule has 0 aliphatic rings. The summed E-state index contributed by atoms with van der Waals surface area (Å²) in [6.07, 6.45) is 3.22. The largest absolute Gasteiger partial charge is 0.351 e. The Hall–Kier alpha value is -2.25. The summed E-state index contributed by atoms with van der Waals surface area (Å²) < 4.78 is 15.9. The Morgan fingerprint density at radius 3 is 2.62 bits per heavy atom. The fourth-order valence-electron chi connectivity index (χ4n) is 3.56. The van der Waals surface area contributed by atoms with E-state index in [1.807, 2.05) is 13.1 Å². The molecule has 0 spiro atoms. The summed E-state index contributed by atoms with van der Waals surface area (Å²) in [5, 5.41) is 8.29. The van der Waals surface area contributed by atoms with Crippen LogP contribution in [0.2, 0.25) is 0 Å². The van der Waals surface area contributed by atoms with Crippen molar-refractivity contribution in [3.05, 3.63) is 41.0 Å². The van der Waals surface area contributed by atoms with Gasteiger partial charge in [0.25, 0.3) is 5.91 Å². The highest BCUT2D eigenvalue weighted by Gasteiger charge is 2.19. The molecule has 2 aromatic heterocycles. The second-order valence-electron chi connectivity index (χ2n) is 7.23. The first kappa shape index (κ1) is 21.5. The summed E-state index contributed by atoms with van der Waals surface area (Å²) in [4.78, 5) is 16.6. The Kier molecular flexibility index (Phi) is 7.39. The maximum Gasteiger partial charge on any atom is 0.261 e. The van der Waals surface area contributed by atoms with Crippen LogP contribution in [0.25, 0.3) is 21.5 Å². The topological polar surface area (TPSA) is 50.2 Å². The molecule has 0 atom stereocenters. The van der Waals surface area contributed by atoms with Crippen LogP contribution in [0.5, 0.6) is 0 Å². The zero-order chi connectivity index (χ0) is 20.8. The van der Waals surface area contributed by atoms with Gasteiger partial charge in [-0.25, -0.2) is 4.39 Å². The minimum Gasteiger partial charge on any atom is -0.351 e. The fourth-order valence-corrected chi connectivity index (χ4v) is 4.55. The lowest BCUT2D eigenvalue weighted by Crippen LogP contribution is -2.30. The van der Waals surface area contributed by atoms with Crippen LogP contribution in [-0.2, 0) is 7.05 Å². The van der Waals surface area contributed by atoms with Crippen molar-refractivity contribution in [1.29, 1.82) is 0 Å². The SMILES string of the molecule is CCCN(CCC)CCCNC(=O)c1cc2c(-c3ccccc3F)nn(C)c2s1. The van der Waals surface area contributed by atoms with E-state index in [4.69, 9.17) is 0 Å². The standard InChI is InChI=1S/C22H29FN4OS/c1-4-12-27(13-5-2)14-8-11-24-21(28)19-15-17-20(25-26(3)22(17)29-19)16-9-6-7-10-18(16)23/h6-7,9-10,15H,4-5,8,11-14H2,1-3H3,(H,24,28). The summed E-state index contributed by atoms with van der Waals surface area (Å²) >= 11 is 1.39. The third-order valence-corrected chi connectivity index (χ3v) is 6.08. The molecule has 1 amide bonds. The van der Waals surface area contributed by atoms with Crippen LogP contribution in [0.1, 0.15) is 42.8 Å². The van der Waals surface area contributed by atoms with E-state index in [0.29, 0.717) is 22.7 Å². The Labute approximate surface area is 175 Å². The Morgan fingerprint density at radius 1 is 1.21 bits per heavy atom. The normalized spacial score (nSPS) is 11.5. The van der Waals surface area contributed by atoms with Crippen LogP contribution in [0, 0.1) is 5.82 Å². The molecule has 0 bridgehead atoms. The zero-order valence-corrected chi connectivity index (χ0v) is 18.2. The number of thiophene rings is 1. The summed E-state index contributed by atoms with van der Waals surface area (Å²) in [5.74, 6) is -0.392. The van der Waals surface area contributed by atoms with Crippen LogP contribution in [-0.4, -0.2) is 46.8 Å². The monoisotopic (exact) mass is 416 g/mol. The van der Waals surface area contributed by atoms with Crippen molar-refractivity contribution >= 4 is 27.5 Å². The second kappa shape index (κ2) is 9.98. The van der Waals surface area contributed by atoms with Gasteiger partial charge in [0.05, 0.1) is 4.88 Å². The number of hydrogen-bond acceptors (Lipinski definition) is 4. The van der Waals surface area contributed by atoms with Gasteiger partial charge in [-0.2, -0.15) is 5.10 Å². The number of aromatic nitrogens is 2. The molecular weight excluding hydrogens is 387 g/mol. The average Bonchev–Trinajstić information content (AvgIpc) is 3.27. The summed E-state index contributed by atoms with van der Waals surface area (Å²) in [7, 11) is 1.82. The zero-order valence-electron chi connectivity index (χ0n) is 17.4. The highest BCUT2D eigenvalue weighted by atomic mass is 32.1. The van der Waals surface area contributed by atoms with E-state index >= 15 is 0 Å². The van der Waals surface area contributed by atoms with Crippen LogP contribution in [0.15, 0.2) is 30.3 Å². The molecule has 0 aliphatic heterocycles. The molecule has 0 fully saturated rings. The van der Waals surface area contributed by atoms with E-state index in [-0.39, 0.29) is 11.7 Å². The van der Waals surface area contributed by atoms with Crippen molar-refractivity contribution in [2.45, 2.75) is 33.1 Å². The van der Waals surface area contributed by atoms with E-state index in [9.17, 15) is 9.18 Å². The molecule has 0 unspecified atom stereocenters. The van der Waals surface area contributed by atoms with E-state index in [1.165, 1.54) is 17.4 Å². The number of halogens is 1. The Morgan fingerprint density at radius 2 is 1.93 bits per heavy atom. The van der Waals surface area contributed by atoms with Crippen LogP contribution in [0.3, 0.4) is 0 Å². The number of fused-ring (bicyclic) bond motifs is 1. The predicted molar refractivity (Wildman–Crippen MR) is 118 cm³/mol. The molecule has 0 saturated carbocycles. The summed E-state index contributed by atoms with van der Waals surface area (Å²) in [5.41, 5.74) is 1.03. The quantitative estimate of drug-likeness (QED) is 0.488. The van der Waals surface area contributed by atoms with Crippen molar-refractivity contribution < 1.29 is 9.18 Å². The predicted octanol–water partition coefficient (Wildman–Crippen LogP) is 4.68. The first-order chi connectivity index (χ1) is 14.0. The third-order valence-electron chi connectivity index (χ3n) is 4.88. The number of nitrogens with zero attached hydrogens (tertiary/aromatic N) is 3. The molecule has 2 heterocycles. The summed E-state index contributed by atoms with van der Waals surface area (Å²) in [6, 6.07) is 8.42. The lowest BCUT2D eigenvalue weighted by atomic mass is 10.1. The van der Waals surface area contributed by atoms with Crippen molar-refractivity contribution in [2.24, 2.45) is 7.05 Å². The molecule has 3 aromatic rings. The summed E-state index contributed by atoms with van der Waals surface area (Å²) in [6.45, 7) is 8.23. The molecule has 1 aromatic carbocycles. The fraction of sp³-hybridized carbons (Fsp3) is 0.455. The number of carbonyl (C=O) groups is 1. The number of nitrogens with one attached hydrogen (secondary N) is 1. The molecular formula is C22H29FN4OS. The van der Waals surface area contributed by atoms with Gasteiger partial charge in [-0.1, -0.05) is 26.0 Å². The van der Waals surface area contributed by atoms with Crippen molar-refractivity contribution in [3.8, 4) is 11.3 Å². The molecule has 0 radical (unpaired) electrons. The first-order valence-corrected chi connectivity index (χ1v) is 11.1. The van der Waals surface area contributed by atoms with Crippen molar-refractivity contribution in [1.82, 2.24) is 20.0 Å². The molecule has 1 N–H and O–H groups in total. The van der Waals surface area contributed by atoms with Crippen molar-refractivity contribution in [3.63, 3.8) is 0 Å². The van der Waals surface area contributed by atoms with Gasteiger partial charge in [-0.05, 0) is 57.1 Å². The number of amides is 1. The third kappa shape index (κ3) is 5.03. The lowest BCUT2D eigenvalue weighted by molar-refractivity contribution is 0.0955. The highest BCUT2D eigenvalue weighted by Crippen LogP contribution is 2.34. The number of aryl methyl sites for hydroxylation is 1. The number of rotatable bonds is 10. The smallest absolute Gasteiger partial charge is 0.261 e. The van der Waals surface area contributed by atoms with Gasteiger partial charge < -0.3 is 10.2 Å². The van der Waals surface area contributed by atoms with Gasteiger partial charge >= 0.3 is 0 Å². The maximum atomic E-state index is 14.2.